The number of hydrogen-bond acceptors (Lipinski definition) is 3. The van der Waals surface area contributed by atoms with Gasteiger partial charge in [0.25, 0.3) is 0 Å². The minimum Gasteiger partial charge on any atom is -0.511 e. The summed E-state index contributed by atoms with van der Waals surface area (Å²) < 4.78 is 0. The van der Waals surface area contributed by atoms with Crippen LogP contribution in [-0.4, -0.2) is 18.4 Å². The van der Waals surface area contributed by atoms with Gasteiger partial charge in [-0.1, -0.05) is 6.58 Å². The van der Waals surface area contributed by atoms with Gasteiger partial charge in [0, 0.05) is 6.72 Å². The summed E-state index contributed by atoms with van der Waals surface area (Å²) in [5, 5.41) is 11.6. The topological polar surface area (TPSA) is 44.6 Å². The van der Waals surface area contributed by atoms with E-state index in [1.54, 1.807) is 0 Å². The van der Waals surface area contributed by atoms with E-state index in [-0.39, 0.29) is 12.3 Å². The highest BCUT2D eigenvalue weighted by Crippen LogP contribution is 1.73. The molecule has 0 radical (unpaired) electrons. The fraction of sp³-hybridized carbons (Fsp3) is 0.250. The first-order valence-electron chi connectivity index (χ1n) is 1.82. The monoisotopic (exact) mass is 100 g/mol. The summed E-state index contributed by atoms with van der Waals surface area (Å²) >= 11 is 0. The van der Waals surface area contributed by atoms with E-state index in [1.807, 2.05) is 0 Å². The van der Waals surface area contributed by atoms with Crippen molar-refractivity contribution in [3.63, 3.8) is 0 Å². The molecule has 0 saturated carbocycles. The van der Waals surface area contributed by atoms with E-state index < -0.39 is 0 Å². The molecule has 3 nitrogen and oxygen atoms in total. The van der Waals surface area contributed by atoms with Gasteiger partial charge in [-0.15, -0.1) is 0 Å². The van der Waals surface area contributed by atoms with Crippen molar-refractivity contribution in [1.29, 1.82) is 0 Å². The highest BCUT2D eigenvalue weighted by Gasteiger charge is 1.79. The zero-order chi connectivity index (χ0) is 5.70. The van der Waals surface area contributed by atoms with Crippen molar-refractivity contribution < 1.29 is 5.11 Å². The summed E-state index contributed by atoms with van der Waals surface area (Å²) in [6.45, 7) is 6.60. The molecule has 0 aromatic rings. The smallest absolute Gasteiger partial charge is 0.106 e. The molecule has 0 aliphatic carbocycles. The van der Waals surface area contributed by atoms with Gasteiger partial charge in [-0.3, -0.25) is 0 Å². The molecular weight excluding hydrogens is 92.1 g/mol. The van der Waals surface area contributed by atoms with Gasteiger partial charge in [0.1, 0.15) is 5.76 Å². The molecular formula is C4H8N2O. The Hall–Kier alpha value is -0.990. The summed E-state index contributed by atoms with van der Waals surface area (Å²) in [7, 11) is 0. The Kier molecular flexibility index (Phi) is 2.76. The van der Waals surface area contributed by atoms with Gasteiger partial charge in [-0.25, -0.2) is 0 Å². The molecule has 0 fully saturated rings. The Morgan fingerprint density at radius 2 is 2.43 bits per heavy atom. The molecule has 0 atom stereocenters. The molecule has 7 heavy (non-hydrogen) atoms. The number of rotatable bonds is 3. The summed E-state index contributed by atoms with van der Waals surface area (Å²) in [4.78, 5) is 0. The number of aliphatic hydroxyl groups excluding tert-OH is 1. The fourth-order valence-corrected chi connectivity index (χ4v) is 0.147. The average Bonchev–Trinajstić information content (AvgIpc) is 1.61. The molecule has 0 rings (SSSR count). The number of nitrogens with one attached hydrogen (secondary N) is 1. The van der Waals surface area contributed by atoms with Crippen molar-refractivity contribution >= 4 is 6.72 Å². The van der Waals surface area contributed by atoms with Crippen LogP contribution < -0.4 is 5.43 Å². The van der Waals surface area contributed by atoms with E-state index >= 15 is 0 Å². The summed E-state index contributed by atoms with van der Waals surface area (Å²) in [6, 6.07) is 0. The Balaban J connectivity index is 2.97. The summed E-state index contributed by atoms with van der Waals surface area (Å²) in [6.07, 6.45) is 0. The third-order valence-electron chi connectivity index (χ3n) is 0.395. The molecule has 0 aromatic carbocycles. The lowest BCUT2D eigenvalue weighted by atomic mass is 10.6. The number of hydrogen-bond donors (Lipinski definition) is 2. The molecule has 0 bridgehead atoms. The van der Waals surface area contributed by atoms with E-state index in [2.05, 4.69) is 23.8 Å². The second kappa shape index (κ2) is 3.21. The molecule has 2 N–H and O–H groups in total. The maximum Gasteiger partial charge on any atom is 0.106 e. The zero-order valence-corrected chi connectivity index (χ0v) is 4.02. The molecule has 40 valence electrons. The van der Waals surface area contributed by atoms with Crippen molar-refractivity contribution in [1.82, 2.24) is 5.43 Å². The van der Waals surface area contributed by atoms with Crippen molar-refractivity contribution in [2.24, 2.45) is 5.10 Å². The zero-order valence-electron chi connectivity index (χ0n) is 4.02. The van der Waals surface area contributed by atoms with Crippen molar-refractivity contribution in [2.45, 2.75) is 0 Å². The maximum absolute atomic E-state index is 8.34. The van der Waals surface area contributed by atoms with E-state index in [0.29, 0.717) is 0 Å². The van der Waals surface area contributed by atoms with E-state index in [4.69, 9.17) is 5.11 Å². The van der Waals surface area contributed by atoms with Gasteiger partial charge in [-0.2, -0.15) is 5.10 Å². The van der Waals surface area contributed by atoms with Gasteiger partial charge >= 0.3 is 0 Å². The Labute approximate surface area is 42.4 Å². The van der Waals surface area contributed by atoms with Gasteiger partial charge < -0.3 is 10.5 Å². The molecule has 0 amide bonds. The lowest BCUT2D eigenvalue weighted by Gasteiger charge is -1.92. The third kappa shape index (κ3) is 5.01. The second-order valence-corrected chi connectivity index (χ2v) is 1.06. The minimum atomic E-state index is 0.0624. The first-order valence-corrected chi connectivity index (χ1v) is 1.82. The van der Waals surface area contributed by atoms with Gasteiger partial charge in [0.05, 0.1) is 6.54 Å². The van der Waals surface area contributed by atoms with Gasteiger partial charge in [0.15, 0.2) is 0 Å². The Morgan fingerprint density at radius 3 is 2.57 bits per heavy atom. The second-order valence-electron chi connectivity index (χ2n) is 1.06. The normalized spacial score (nSPS) is 7.43. The SMILES string of the molecule is C=NNCC(=C)O. The molecule has 0 aliphatic heterocycles. The highest BCUT2D eigenvalue weighted by atomic mass is 16.3. The maximum atomic E-state index is 8.34. The minimum absolute atomic E-state index is 0.0624. The van der Waals surface area contributed by atoms with Crippen LogP contribution in [0.4, 0.5) is 0 Å². The van der Waals surface area contributed by atoms with Gasteiger partial charge in [-0.05, 0) is 0 Å². The quantitative estimate of drug-likeness (QED) is 0.303. The van der Waals surface area contributed by atoms with E-state index in [1.165, 1.54) is 0 Å². The van der Waals surface area contributed by atoms with Crippen LogP contribution in [0.1, 0.15) is 0 Å². The molecule has 0 unspecified atom stereocenters. The Morgan fingerprint density at radius 1 is 1.86 bits per heavy atom. The number of aliphatic hydroxyl groups is 1. The van der Waals surface area contributed by atoms with Crippen LogP contribution in [0.5, 0.6) is 0 Å². The van der Waals surface area contributed by atoms with E-state index in [9.17, 15) is 0 Å². The lowest BCUT2D eigenvalue weighted by molar-refractivity contribution is 0.394. The number of hydrazone groups is 1. The average molecular weight is 100 g/mol. The van der Waals surface area contributed by atoms with Crippen LogP contribution in [0.15, 0.2) is 17.4 Å². The van der Waals surface area contributed by atoms with Crippen LogP contribution in [0.25, 0.3) is 0 Å². The van der Waals surface area contributed by atoms with Crippen LogP contribution in [0, 0.1) is 0 Å². The van der Waals surface area contributed by atoms with E-state index in [0.717, 1.165) is 0 Å². The molecule has 0 aliphatic rings. The lowest BCUT2D eigenvalue weighted by Crippen LogP contribution is -2.07. The molecule has 3 heteroatoms. The van der Waals surface area contributed by atoms with Crippen molar-refractivity contribution in [3.05, 3.63) is 12.3 Å². The molecule has 0 heterocycles. The van der Waals surface area contributed by atoms with Crippen molar-refractivity contribution in [2.75, 3.05) is 6.54 Å². The van der Waals surface area contributed by atoms with Crippen LogP contribution in [-0.2, 0) is 0 Å². The fourth-order valence-electron chi connectivity index (χ4n) is 0.147. The summed E-state index contributed by atoms with van der Waals surface area (Å²) in [5.74, 6) is 0.0624. The van der Waals surface area contributed by atoms with Gasteiger partial charge in [0.2, 0.25) is 0 Å². The van der Waals surface area contributed by atoms with Crippen LogP contribution in [0.3, 0.4) is 0 Å². The first kappa shape index (κ1) is 6.01. The number of nitrogens with zero attached hydrogens (tertiary/aromatic N) is 1. The first-order chi connectivity index (χ1) is 3.27. The predicted molar refractivity (Wildman–Crippen MR) is 29.3 cm³/mol. The Bertz CT molecular complexity index is 79.8. The van der Waals surface area contributed by atoms with Crippen LogP contribution in [0.2, 0.25) is 0 Å². The molecule has 0 aromatic heterocycles. The molecule has 0 spiro atoms. The largest absolute Gasteiger partial charge is 0.511 e. The third-order valence-corrected chi connectivity index (χ3v) is 0.395. The standard InChI is InChI=1S/C4H8N2O/c1-4(7)3-6-5-2/h6-7H,1-3H2. The summed E-state index contributed by atoms with van der Waals surface area (Å²) in [5.41, 5.74) is 2.41. The molecule has 0 saturated heterocycles. The van der Waals surface area contributed by atoms with Crippen LogP contribution >= 0.6 is 0 Å². The van der Waals surface area contributed by atoms with Crippen molar-refractivity contribution in [3.8, 4) is 0 Å². The predicted octanol–water partition coefficient (Wildman–Crippen LogP) is 0.263. The highest BCUT2D eigenvalue weighted by molar-refractivity contribution is 5.22.